The molecule has 2 saturated heterocycles. The highest BCUT2D eigenvalue weighted by molar-refractivity contribution is 4.83. The Balaban J connectivity index is 1.85. The van der Waals surface area contributed by atoms with Crippen molar-refractivity contribution < 1.29 is 4.74 Å². The Kier molecular flexibility index (Phi) is 1.24. The van der Waals surface area contributed by atoms with Crippen molar-refractivity contribution in [2.45, 2.75) is 32.1 Å². The second kappa shape index (κ2) is 1.96. The fourth-order valence-electron chi connectivity index (χ4n) is 1.55. The molecule has 2 atom stereocenters. The molecule has 2 heterocycles. The molecule has 2 unspecified atom stereocenters. The first-order chi connectivity index (χ1) is 4.38. The van der Waals surface area contributed by atoms with Crippen molar-refractivity contribution in [1.29, 1.82) is 0 Å². The van der Waals surface area contributed by atoms with Gasteiger partial charge in [0.25, 0.3) is 0 Å². The third-order valence-electron chi connectivity index (χ3n) is 2.18. The van der Waals surface area contributed by atoms with Crippen molar-refractivity contribution in [3.05, 3.63) is 0 Å². The van der Waals surface area contributed by atoms with Gasteiger partial charge in [0.1, 0.15) is 6.23 Å². The normalized spacial score (nSPS) is 43.7. The first kappa shape index (κ1) is 5.69. The van der Waals surface area contributed by atoms with Gasteiger partial charge in [-0.3, -0.25) is 4.90 Å². The molecule has 2 fully saturated rings. The van der Waals surface area contributed by atoms with Crippen LogP contribution in [0.2, 0.25) is 0 Å². The molecular weight excluding hydrogens is 114 g/mol. The van der Waals surface area contributed by atoms with Crippen LogP contribution < -0.4 is 0 Å². The number of ether oxygens (including phenoxy) is 1. The van der Waals surface area contributed by atoms with Crippen molar-refractivity contribution >= 4 is 0 Å². The molecule has 0 spiro atoms. The predicted octanol–water partition coefficient (Wildman–Crippen LogP) is 0.827. The molecule has 2 heteroatoms. The fraction of sp³-hybridized carbons (Fsp3) is 1.00. The van der Waals surface area contributed by atoms with Gasteiger partial charge in [0.2, 0.25) is 0 Å². The summed E-state index contributed by atoms with van der Waals surface area (Å²) in [5.74, 6) is 0. The monoisotopic (exact) mass is 127 g/mol. The van der Waals surface area contributed by atoms with Crippen molar-refractivity contribution in [2.24, 2.45) is 0 Å². The summed E-state index contributed by atoms with van der Waals surface area (Å²) in [6, 6.07) is 0. The van der Waals surface area contributed by atoms with Gasteiger partial charge in [-0.1, -0.05) is 0 Å². The Bertz CT molecular complexity index is 109. The molecule has 0 aliphatic carbocycles. The number of epoxide rings is 1. The van der Waals surface area contributed by atoms with E-state index in [2.05, 4.69) is 11.8 Å². The van der Waals surface area contributed by atoms with Crippen LogP contribution in [0.25, 0.3) is 0 Å². The molecule has 2 aliphatic rings. The molecule has 2 rings (SSSR count). The van der Waals surface area contributed by atoms with Crippen LogP contribution in [0.3, 0.4) is 0 Å². The van der Waals surface area contributed by atoms with Crippen molar-refractivity contribution in [3.8, 4) is 0 Å². The van der Waals surface area contributed by atoms with Gasteiger partial charge in [-0.05, 0) is 19.8 Å². The number of hydrogen-bond acceptors (Lipinski definition) is 2. The average molecular weight is 127 g/mol. The van der Waals surface area contributed by atoms with Gasteiger partial charge in [-0.15, -0.1) is 0 Å². The molecule has 2 aliphatic heterocycles. The van der Waals surface area contributed by atoms with Gasteiger partial charge in [-0.2, -0.15) is 0 Å². The number of likely N-dealkylation sites (tertiary alicyclic amines) is 1. The number of hydrogen-bond donors (Lipinski definition) is 0. The van der Waals surface area contributed by atoms with E-state index in [1.165, 1.54) is 25.9 Å². The van der Waals surface area contributed by atoms with Crippen LogP contribution in [0.15, 0.2) is 0 Å². The van der Waals surface area contributed by atoms with E-state index in [-0.39, 0.29) is 0 Å². The topological polar surface area (TPSA) is 15.8 Å². The minimum atomic E-state index is 0.493. The molecule has 0 N–H and O–H groups in total. The zero-order valence-electron chi connectivity index (χ0n) is 5.84. The fourth-order valence-corrected chi connectivity index (χ4v) is 1.55. The highest BCUT2D eigenvalue weighted by Crippen LogP contribution is 2.27. The first-order valence-corrected chi connectivity index (χ1v) is 3.77. The Morgan fingerprint density at radius 2 is 1.89 bits per heavy atom. The van der Waals surface area contributed by atoms with E-state index in [1.54, 1.807) is 0 Å². The SMILES string of the molecule is CC1OC1N1CCCC1. The molecule has 0 radical (unpaired) electrons. The quantitative estimate of drug-likeness (QED) is 0.485. The minimum absolute atomic E-state index is 0.493. The summed E-state index contributed by atoms with van der Waals surface area (Å²) in [6.45, 7) is 4.66. The summed E-state index contributed by atoms with van der Waals surface area (Å²) < 4.78 is 5.33. The molecule has 0 bridgehead atoms. The second-order valence-electron chi connectivity index (χ2n) is 2.97. The van der Waals surface area contributed by atoms with Gasteiger partial charge >= 0.3 is 0 Å². The van der Waals surface area contributed by atoms with E-state index in [0.717, 1.165) is 0 Å². The van der Waals surface area contributed by atoms with Crippen LogP contribution in [0.5, 0.6) is 0 Å². The van der Waals surface area contributed by atoms with E-state index < -0.39 is 0 Å². The maximum absolute atomic E-state index is 5.33. The smallest absolute Gasteiger partial charge is 0.137 e. The third-order valence-corrected chi connectivity index (χ3v) is 2.18. The molecule has 0 aromatic rings. The summed E-state index contributed by atoms with van der Waals surface area (Å²) in [6.07, 6.45) is 3.75. The van der Waals surface area contributed by atoms with Crippen LogP contribution >= 0.6 is 0 Å². The van der Waals surface area contributed by atoms with Crippen LogP contribution in [-0.4, -0.2) is 30.3 Å². The molecule has 52 valence electrons. The minimum Gasteiger partial charge on any atom is -0.353 e. The van der Waals surface area contributed by atoms with E-state index >= 15 is 0 Å². The van der Waals surface area contributed by atoms with Gasteiger partial charge in [-0.25, -0.2) is 0 Å². The zero-order chi connectivity index (χ0) is 6.27. The van der Waals surface area contributed by atoms with Crippen LogP contribution in [0, 0.1) is 0 Å². The van der Waals surface area contributed by atoms with Gasteiger partial charge in [0.15, 0.2) is 0 Å². The summed E-state index contributed by atoms with van der Waals surface area (Å²) in [5, 5.41) is 0. The lowest BCUT2D eigenvalue weighted by molar-refractivity contribution is 0.210. The van der Waals surface area contributed by atoms with E-state index in [0.29, 0.717) is 12.3 Å². The third kappa shape index (κ3) is 0.970. The lowest BCUT2D eigenvalue weighted by Crippen LogP contribution is -2.23. The van der Waals surface area contributed by atoms with Crippen LogP contribution in [-0.2, 0) is 4.74 Å². The highest BCUT2D eigenvalue weighted by Gasteiger charge is 2.40. The van der Waals surface area contributed by atoms with Gasteiger partial charge < -0.3 is 4.74 Å². The summed E-state index contributed by atoms with van der Waals surface area (Å²) in [7, 11) is 0. The lowest BCUT2D eigenvalue weighted by atomic mass is 10.4. The molecule has 0 aromatic carbocycles. The molecule has 2 nitrogen and oxygen atoms in total. The van der Waals surface area contributed by atoms with E-state index in [4.69, 9.17) is 4.74 Å². The molecule has 9 heavy (non-hydrogen) atoms. The lowest BCUT2D eigenvalue weighted by Gasteiger charge is -2.09. The standard InChI is InChI=1S/C7H13NO/c1-6-7(9-6)8-4-2-3-5-8/h6-7H,2-5H2,1H3. The van der Waals surface area contributed by atoms with Gasteiger partial charge in [0, 0.05) is 13.1 Å². The zero-order valence-corrected chi connectivity index (χ0v) is 5.84. The summed E-state index contributed by atoms with van der Waals surface area (Å²) in [4.78, 5) is 2.44. The number of nitrogens with zero attached hydrogens (tertiary/aromatic N) is 1. The molecule has 0 saturated carbocycles. The Hall–Kier alpha value is -0.0800. The molecular formula is C7H13NO. The van der Waals surface area contributed by atoms with Crippen LogP contribution in [0.1, 0.15) is 19.8 Å². The maximum Gasteiger partial charge on any atom is 0.137 e. The predicted molar refractivity (Wildman–Crippen MR) is 35.1 cm³/mol. The Morgan fingerprint density at radius 1 is 1.33 bits per heavy atom. The van der Waals surface area contributed by atoms with E-state index in [9.17, 15) is 0 Å². The highest BCUT2D eigenvalue weighted by atomic mass is 16.6. The van der Waals surface area contributed by atoms with Crippen molar-refractivity contribution in [2.75, 3.05) is 13.1 Å². The summed E-state index contributed by atoms with van der Waals surface area (Å²) >= 11 is 0. The molecule has 0 aromatic heterocycles. The maximum atomic E-state index is 5.33. The Morgan fingerprint density at radius 3 is 2.33 bits per heavy atom. The first-order valence-electron chi connectivity index (χ1n) is 3.77. The van der Waals surface area contributed by atoms with Crippen molar-refractivity contribution in [3.63, 3.8) is 0 Å². The summed E-state index contributed by atoms with van der Waals surface area (Å²) in [5.41, 5.74) is 0. The Labute approximate surface area is 55.8 Å². The number of rotatable bonds is 1. The van der Waals surface area contributed by atoms with E-state index in [1.807, 2.05) is 0 Å². The van der Waals surface area contributed by atoms with Crippen LogP contribution in [0.4, 0.5) is 0 Å². The largest absolute Gasteiger partial charge is 0.353 e. The van der Waals surface area contributed by atoms with Gasteiger partial charge in [0.05, 0.1) is 6.10 Å². The average Bonchev–Trinajstić information content (AvgIpc) is 2.44. The van der Waals surface area contributed by atoms with Crippen molar-refractivity contribution in [1.82, 2.24) is 4.90 Å². The molecule has 0 amide bonds. The second-order valence-corrected chi connectivity index (χ2v) is 2.97.